The number of fused-ring (bicyclic) bond motifs is 1. The first-order chi connectivity index (χ1) is 19.2. The number of hydrogen-bond donors (Lipinski definition) is 3. The minimum Gasteiger partial charge on any atom is -0.366 e. The number of amides is 2. The highest BCUT2D eigenvalue weighted by atomic mass is 79.9. The van der Waals surface area contributed by atoms with Gasteiger partial charge >= 0.3 is 12.2 Å². The number of rotatable bonds is 7. The highest BCUT2D eigenvalue weighted by Crippen LogP contribution is 2.31. The van der Waals surface area contributed by atoms with Gasteiger partial charge in [-0.15, -0.1) is 0 Å². The molecule has 0 bridgehead atoms. The van der Waals surface area contributed by atoms with Crippen molar-refractivity contribution in [1.82, 2.24) is 19.9 Å². The van der Waals surface area contributed by atoms with Gasteiger partial charge in [0.2, 0.25) is 0 Å². The lowest BCUT2D eigenvalue weighted by atomic mass is 10.1. The maximum atomic E-state index is 12.9. The van der Waals surface area contributed by atoms with Gasteiger partial charge in [0.15, 0.2) is 5.65 Å². The summed E-state index contributed by atoms with van der Waals surface area (Å²) in [4.78, 5) is 17.0. The molecule has 0 fully saturated rings. The maximum absolute atomic E-state index is 12.9. The van der Waals surface area contributed by atoms with Crippen LogP contribution in [0.1, 0.15) is 22.3 Å². The van der Waals surface area contributed by atoms with Gasteiger partial charge in [0.05, 0.1) is 21.9 Å². The number of nitrogens with zero attached hydrogens (tertiary/aromatic N) is 3. The highest BCUT2D eigenvalue weighted by Gasteiger charge is 2.30. The van der Waals surface area contributed by atoms with Crippen molar-refractivity contribution in [2.45, 2.75) is 26.2 Å². The summed E-state index contributed by atoms with van der Waals surface area (Å²) in [5, 5.41) is 13.0. The minimum absolute atomic E-state index is 0.0637. The van der Waals surface area contributed by atoms with Gasteiger partial charge in [-0.2, -0.15) is 22.8 Å². The Kier molecular flexibility index (Phi) is 7.74. The lowest BCUT2D eigenvalue weighted by Crippen LogP contribution is -2.28. The lowest BCUT2D eigenvalue weighted by molar-refractivity contribution is -0.137. The number of aromatic nitrogens is 3. The molecule has 204 valence electrons. The average molecular weight is 609 g/mol. The number of carbonyl (C=O) groups excluding carboxylic acids is 1. The molecular formula is C29H24BrF3N6O. The van der Waals surface area contributed by atoms with E-state index < -0.39 is 17.8 Å². The minimum atomic E-state index is -4.48. The molecule has 3 aromatic carbocycles. The molecule has 0 spiro atoms. The molecule has 0 aliphatic heterocycles. The summed E-state index contributed by atoms with van der Waals surface area (Å²) in [7, 11) is 0. The van der Waals surface area contributed by atoms with Crippen LogP contribution in [0.3, 0.4) is 0 Å². The van der Waals surface area contributed by atoms with Crippen molar-refractivity contribution in [3.8, 4) is 11.3 Å². The summed E-state index contributed by atoms with van der Waals surface area (Å²) < 4.78 is 41.2. The number of aryl methyl sites for hydroxylation is 1. The Morgan fingerprint density at radius 3 is 2.40 bits per heavy atom. The largest absolute Gasteiger partial charge is 0.416 e. The number of urea groups is 1. The summed E-state index contributed by atoms with van der Waals surface area (Å²) in [6.45, 7) is 2.78. The SMILES string of the molecule is Cc1ccccc1-c1cc(NCc2ccc(CNC(=O)Nc3cccc(C(F)(F)F)c3)cc2)n2ncc(Br)c2n1. The third-order valence-electron chi connectivity index (χ3n) is 6.25. The van der Waals surface area contributed by atoms with Crippen LogP contribution in [0.2, 0.25) is 0 Å². The van der Waals surface area contributed by atoms with E-state index in [0.717, 1.165) is 50.4 Å². The van der Waals surface area contributed by atoms with E-state index in [4.69, 9.17) is 4.98 Å². The van der Waals surface area contributed by atoms with Crippen LogP contribution in [0.25, 0.3) is 16.9 Å². The van der Waals surface area contributed by atoms with Crippen molar-refractivity contribution in [2.24, 2.45) is 0 Å². The van der Waals surface area contributed by atoms with Gasteiger partial charge in [-0.3, -0.25) is 0 Å². The summed E-state index contributed by atoms with van der Waals surface area (Å²) in [6, 6.07) is 21.6. The number of alkyl halides is 3. The van der Waals surface area contributed by atoms with Crippen LogP contribution >= 0.6 is 15.9 Å². The predicted octanol–water partition coefficient (Wildman–Crippen LogP) is 7.42. The molecule has 2 aromatic heterocycles. The zero-order valence-corrected chi connectivity index (χ0v) is 22.8. The Labute approximate surface area is 236 Å². The molecule has 0 saturated carbocycles. The molecule has 0 atom stereocenters. The van der Waals surface area contributed by atoms with Gasteiger partial charge in [-0.1, -0.05) is 54.6 Å². The Balaban J connectivity index is 1.22. The molecule has 5 aromatic rings. The number of anilines is 2. The van der Waals surface area contributed by atoms with Gasteiger partial charge in [0.25, 0.3) is 0 Å². The van der Waals surface area contributed by atoms with E-state index in [1.54, 1.807) is 10.7 Å². The first kappa shape index (κ1) is 27.2. The topological polar surface area (TPSA) is 83.3 Å². The molecule has 5 rings (SSSR count). The molecule has 0 unspecified atom stereocenters. The molecule has 11 heteroatoms. The molecule has 3 N–H and O–H groups in total. The van der Waals surface area contributed by atoms with Gasteiger partial charge in [-0.05, 0) is 57.7 Å². The van der Waals surface area contributed by atoms with Crippen LogP contribution in [0.15, 0.2) is 89.5 Å². The van der Waals surface area contributed by atoms with Crippen molar-refractivity contribution in [3.63, 3.8) is 0 Å². The van der Waals surface area contributed by atoms with Crippen LogP contribution in [-0.2, 0) is 19.3 Å². The normalized spacial score (nSPS) is 11.4. The van der Waals surface area contributed by atoms with Gasteiger partial charge in [0, 0.05) is 30.4 Å². The Morgan fingerprint density at radius 2 is 1.68 bits per heavy atom. The fraction of sp³-hybridized carbons (Fsp3) is 0.138. The second-order valence-corrected chi connectivity index (χ2v) is 9.98. The number of halogens is 4. The van der Waals surface area contributed by atoms with E-state index in [1.807, 2.05) is 61.5 Å². The molecule has 0 radical (unpaired) electrons. The van der Waals surface area contributed by atoms with Gasteiger partial charge in [-0.25, -0.2) is 9.78 Å². The zero-order valence-electron chi connectivity index (χ0n) is 21.3. The molecule has 0 saturated heterocycles. The summed E-state index contributed by atoms with van der Waals surface area (Å²) >= 11 is 3.53. The summed E-state index contributed by atoms with van der Waals surface area (Å²) in [5.74, 6) is 0.783. The first-order valence-electron chi connectivity index (χ1n) is 12.3. The number of benzene rings is 3. The van der Waals surface area contributed by atoms with Crippen molar-refractivity contribution in [3.05, 3.63) is 112 Å². The van der Waals surface area contributed by atoms with Crippen molar-refractivity contribution in [1.29, 1.82) is 0 Å². The van der Waals surface area contributed by atoms with Crippen molar-refractivity contribution in [2.75, 3.05) is 10.6 Å². The van der Waals surface area contributed by atoms with E-state index in [9.17, 15) is 18.0 Å². The molecule has 2 heterocycles. The van der Waals surface area contributed by atoms with Gasteiger partial charge in [0.1, 0.15) is 5.82 Å². The molecular weight excluding hydrogens is 585 g/mol. The fourth-order valence-corrected chi connectivity index (χ4v) is 4.51. The standard InChI is InChI=1S/C29H24BrF3N6O/c1-18-5-2-3-8-23(18)25-14-26(39-27(38-25)24(30)17-36-39)34-15-19-9-11-20(12-10-19)16-35-28(40)37-22-7-4-6-21(13-22)29(31,32)33/h2-14,17,34H,15-16H2,1H3,(H2,35,37,40). The smallest absolute Gasteiger partial charge is 0.366 e. The van der Waals surface area contributed by atoms with Crippen LogP contribution in [0.4, 0.5) is 29.5 Å². The number of nitrogens with one attached hydrogen (secondary N) is 3. The Bertz CT molecular complexity index is 1670. The molecule has 0 aliphatic rings. The third-order valence-corrected chi connectivity index (χ3v) is 6.81. The quantitative estimate of drug-likeness (QED) is 0.179. The molecule has 40 heavy (non-hydrogen) atoms. The zero-order chi connectivity index (χ0) is 28.3. The Morgan fingerprint density at radius 1 is 0.950 bits per heavy atom. The van der Waals surface area contributed by atoms with E-state index in [2.05, 4.69) is 37.0 Å². The number of carbonyl (C=O) groups is 1. The molecule has 7 nitrogen and oxygen atoms in total. The second kappa shape index (κ2) is 11.4. The van der Waals surface area contributed by atoms with Crippen LogP contribution in [0.5, 0.6) is 0 Å². The second-order valence-electron chi connectivity index (χ2n) is 9.13. The first-order valence-corrected chi connectivity index (χ1v) is 13.1. The van der Waals surface area contributed by atoms with Crippen LogP contribution < -0.4 is 16.0 Å². The van der Waals surface area contributed by atoms with E-state index in [0.29, 0.717) is 12.2 Å². The van der Waals surface area contributed by atoms with Crippen LogP contribution in [-0.4, -0.2) is 20.6 Å². The number of hydrogen-bond acceptors (Lipinski definition) is 4. The maximum Gasteiger partial charge on any atom is 0.416 e. The van der Waals surface area contributed by atoms with E-state index in [1.165, 1.54) is 12.1 Å². The van der Waals surface area contributed by atoms with Gasteiger partial charge < -0.3 is 16.0 Å². The summed E-state index contributed by atoms with van der Waals surface area (Å²) in [5.41, 5.74) is 4.77. The monoisotopic (exact) mass is 608 g/mol. The Hall–Kier alpha value is -4.38. The van der Waals surface area contributed by atoms with Crippen molar-refractivity contribution < 1.29 is 18.0 Å². The van der Waals surface area contributed by atoms with Crippen LogP contribution in [0, 0.1) is 6.92 Å². The van der Waals surface area contributed by atoms with E-state index >= 15 is 0 Å². The highest BCUT2D eigenvalue weighted by molar-refractivity contribution is 9.10. The fourth-order valence-electron chi connectivity index (χ4n) is 4.16. The molecule has 2 amide bonds. The third kappa shape index (κ3) is 6.26. The van der Waals surface area contributed by atoms with Crippen molar-refractivity contribution >= 4 is 39.1 Å². The van der Waals surface area contributed by atoms with E-state index in [-0.39, 0.29) is 12.2 Å². The lowest BCUT2D eigenvalue weighted by Gasteiger charge is -2.13. The average Bonchev–Trinajstić information content (AvgIpc) is 3.31. The summed E-state index contributed by atoms with van der Waals surface area (Å²) in [6.07, 6.45) is -2.77. The predicted molar refractivity (Wildman–Crippen MR) is 152 cm³/mol. The molecule has 0 aliphatic carbocycles.